The van der Waals surface area contributed by atoms with Crippen molar-refractivity contribution in [2.24, 2.45) is 13.0 Å². The van der Waals surface area contributed by atoms with Gasteiger partial charge in [-0.3, -0.25) is 4.79 Å². The number of nitrogens with zero attached hydrogens (tertiary/aromatic N) is 4. The highest BCUT2D eigenvalue weighted by atomic mass is 32.2. The number of likely N-dealkylation sites (N-methyl/N-ethyl adjacent to an activating group) is 1. The molecule has 3 N–H and O–H groups in total. The topological polar surface area (TPSA) is 155 Å². The zero-order valence-electron chi connectivity index (χ0n) is 28.4. The third-order valence-corrected chi connectivity index (χ3v) is 10.8. The molecule has 0 unspecified atom stereocenters. The largest absolute Gasteiger partial charge is 0.490 e. The Morgan fingerprint density at radius 3 is 2.55 bits per heavy atom. The average Bonchev–Trinajstić information content (AvgIpc) is 3.49. The lowest BCUT2D eigenvalue weighted by molar-refractivity contribution is -0.00835. The SMILES string of the molecule is C[C@H](CO)N1C[C@H](C)[C@H](CN(C)S(=O)(=O)c2cn(C)cn2)OCCCC[C@H](C)Oc2ccc(NC(=O)NC3CCCCC3)cc2C1=O. The third kappa shape index (κ3) is 9.91. The molecule has 4 atom stereocenters. The van der Waals surface area contributed by atoms with Crippen LogP contribution in [-0.4, -0.2) is 102 Å². The van der Waals surface area contributed by atoms with Crippen molar-refractivity contribution in [1.29, 1.82) is 0 Å². The third-order valence-electron chi connectivity index (χ3n) is 9.04. The van der Waals surface area contributed by atoms with E-state index in [0.717, 1.165) is 38.5 Å². The maximum absolute atomic E-state index is 14.3. The number of rotatable bonds is 8. The molecule has 2 heterocycles. The highest BCUT2D eigenvalue weighted by Gasteiger charge is 2.33. The summed E-state index contributed by atoms with van der Waals surface area (Å²) in [5, 5.41) is 16.1. The van der Waals surface area contributed by atoms with Crippen LogP contribution in [0.3, 0.4) is 0 Å². The van der Waals surface area contributed by atoms with Crippen LogP contribution in [0.15, 0.2) is 35.7 Å². The minimum atomic E-state index is -3.87. The summed E-state index contributed by atoms with van der Waals surface area (Å²) >= 11 is 0. The number of hydrogen-bond donors (Lipinski definition) is 3. The van der Waals surface area contributed by atoms with Crippen molar-refractivity contribution in [2.45, 2.75) is 101 Å². The van der Waals surface area contributed by atoms with Gasteiger partial charge in [0.15, 0.2) is 5.03 Å². The highest BCUT2D eigenvalue weighted by Crippen LogP contribution is 2.29. The van der Waals surface area contributed by atoms with E-state index >= 15 is 0 Å². The van der Waals surface area contributed by atoms with Crippen molar-refractivity contribution in [3.8, 4) is 5.75 Å². The van der Waals surface area contributed by atoms with Crippen LogP contribution >= 0.6 is 0 Å². The molecule has 1 aromatic heterocycles. The number of carbonyl (C=O) groups excluding carboxylic acids is 2. The minimum absolute atomic E-state index is 0.0515. The Morgan fingerprint density at radius 1 is 1.15 bits per heavy atom. The van der Waals surface area contributed by atoms with Gasteiger partial charge in [-0.05, 0) is 64.2 Å². The zero-order valence-corrected chi connectivity index (χ0v) is 29.2. The lowest BCUT2D eigenvalue weighted by atomic mass is 9.96. The van der Waals surface area contributed by atoms with Crippen molar-refractivity contribution >= 4 is 27.6 Å². The summed E-state index contributed by atoms with van der Waals surface area (Å²) in [7, 11) is -0.669. The number of hydrogen-bond acceptors (Lipinski definition) is 8. The zero-order chi connectivity index (χ0) is 34.1. The first-order valence-corrected chi connectivity index (χ1v) is 18.2. The lowest BCUT2D eigenvalue weighted by Crippen LogP contribution is -2.48. The molecule has 1 aromatic carbocycles. The fraction of sp³-hybridized carbons (Fsp3) is 0.667. The second kappa shape index (κ2) is 16.8. The van der Waals surface area contributed by atoms with Crippen molar-refractivity contribution in [3.05, 3.63) is 36.3 Å². The molecule has 0 bridgehead atoms. The van der Waals surface area contributed by atoms with Gasteiger partial charge in [-0.2, -0.15) is 4.31 Å². The molecule has 0 spiro atoms. The number of sulfonamides is 1. The second-order valence-corrected chi connectivity index (χ2v) is 15.1. The molecule has 0 saturated heterocycles. The van der Waals surface area contributed by atoms with E-state index in [9.17, 15) is 23.1 Å². The van der Waals surface area contributed by atoms with Crippen LogP contribution in [0.2, 0.25) is 0 Å². The number of ether oxygens (including phenoxy) is 2. The fourth-order valence-electron chi connectivity index (χ4n) is 6.10. The summed E-state index contributed by atoms with van der Waals surface area (Å²) < 4.78 is 42.0. The number of aryl methyl sites for hydroxylation is 1. The first-order chi connectivity index (χ1) is 22.4. The molecular formula is C33H52N6O7S. The first kappa shape index (κ1) is 36.6. The fourth-order valence-corrected chi connectivity index (χ4v) is 7.24. The predicted molar refractivity (Wildman–Crippen MR) is 179 cm³/mol. The van der Waals surface area contributed by atoms with Gasteiger partial charge in [0.25, 0.3) is 15.9 Å². The summed E-state index contributed by atoms with van der Waals surface area (Å²) in [6.07, 6.45) is 9.67. The van der Waals surface area contributed by atoms with Crippen molar-refractivity contribution in [2.75, 3.05) is 38.7 Å². The van der Waals surface area contributed by atoms with Crippen LogP contribution in [0.4, 0.5) is 10.5 Å². The average molecular weight is 677 g/mol. The van der Waals surface area contributed by atoms with E-state index in [1.54, 1.807) is 41.6 Å². The van der Waals surface area contributed by atoms with Crippen LogP contribution in [0.5, 0.6) is 5.75 Å². The number of carbonyl (C=O) groups is 2. The number of fused-ring (bicyclic) bond motifs is 1. The number of aromatic nitrogens is 2. The van der Waals surface area contributed by atoms with Crippen LogP contribution in [0.25, 0.3) is 0 Å². The summed E-state index contributed by atoms with van der Waals surface area (Å²) in [4.78, 5) is 32.8. The van der Waals surface area contributed by atoms with E-state index in [4.69, 9.17) is 9.47 Å². The van der Waals surface area contributed by atoms with Crippen LogP contribution in [0.1, 0.15) is 82.5 Å². The molecule has 13 nitrogen and oxygen atoms in total. The van der Waals surface area contributed by atoms with Gasteiger partial charge in [0.1, 0.15) is 5.75 Å². The van der Waals surface area contributed by atoms with Gasteiger partial charge in [0, 0.05) is 57.6 Å². The number of aliphatic hydroxyl groups excluding tert-OH is 1. The van der Waals surface area contributed by atoms with Gasteiger partial charge in [-0.25, -0.2) is 18.2 Å². The van der Waals surface area contributed by atoms with Gasteiger partial charge in [0.05, 0.1) is 36.7 Å². The molecule has 1 aliphatic heterocycles. The molecule has 14 heteroatoms. The predicted octanol–water partition coefficient (Wildman–Crippen LogP) is 3.99. The van der Waals surface area contributed by atoms with Crippen LogP contribution in [-0.2, 0) is 21.8 Å². The molecule has 1 aliphatic carbocycles. The lowest BCUT2D eigenvalue weighted by Gasteiger charge is -2.35. The number of amides is 3. The molecule has 47 heavy (non-hydrogen) atoms. The molecule has 4 rings (SSSR count). The quantitative estimate of drug-likeness (QED) is 0.379. The number of imidazole rings is 1. The van der Waals surface area contributed by atoms with E-state index in [0.29, 0.717) is 24.5 Å². The van der Waals surface area contributed by atoms with E-state index < -0.39 is 22.2 Å². The standard InChI is InChI=1S/C33H52N6O7S/c1-23-18-39(24(2)21-40)32(41)28-17-27(36-33(42)35-26-12-7-6-8-13-26)14-15-29(28)46-25(3)11-9-10-16-45-30(23)19-38(5)47(43,44)31-20-37(4)22-34-31/h14-15,17,20,22-26,30,40H,6-13,16,18-19,21H2,1-5H3,(H2,35,36,42)/t23-,24+,25-,30-/m0/s1. The Hall–Kier alpha value is -3.20. The van der Waals surface area contributed by atoms with Gasteiger partial charge in [-0.1, -0.05) is 26.2 Å². The number of aliphatic hydroxyl groups is 1. The summed E-state index contributed by atoms with van der Waals surface area (Å²) in [6.45, 7) is 5.97. The summed E-state index contributed by atoms with van der Waals surface area (Å²) in [6, 6.07) is 4.30. The number of urea groups is 1. The Bertz CT molecular complexity index is 1440. The first-order valence-electron chi connectivity index (χ1n) is 16.7. The molecule has 2 aliphatic rings. The van der Waals surface area contributed by atoms with E-state index in [1.807, 2.05) is 13.8 Å². The molecule has 1 fully saturated rings. The van der Waals surface area contributed by atoms with Gasteiger partial charge >= 0.3 is 6.03 Å². The maximum atomic E-state index is 14.3. The Balaban J connectivity index is 1.60. The van der Waals surface area contributed by atoms with Crippen LogP contribution in [0, 0.1) is 5.92 Å². The van der Waals surface area contributed by atoms with Crippen LogP contribution < -0.4 is 15.4 Å². The van der Waals surface area contributed by atoms with E-state index in [-0.39, 0.29) is 60.3 Å². The van der Waals surface area contributed by atoms with Gasteiger partial charge < -0.3 is 34.7 Å². The number of nitrogens with one attached hydrogen (secondary N) is 2. The molecule has 3 amide bonds. The van der Waals surface area contributed by atoms with Crippen molar-refractivity contribution < 1.29 is 32.6 Å². The maximum Gasteiger partial charge on any atom is 0.319 e. The Morgan fingerprint density at radius 2 is 1.87 bits per heavy atom. The van der Waals surface area contributed by atoms with E-state index in [1.165, 1.54) is 30.3 Å². The Labute approximate surface area is 279 Å². The van der Waals surface area contributed by atoms with Crippen molar-refractivity contribution in [3.63, 3.8) is 0 Å². The monoisotopic (exact) mass is 676 g/mol. The number of anilines is 1. The normalized spacial score (nSPS) is 23.0. The smallest absolute Gasteiger partial charge is 0.319 e. The minimum Gasteiger partial charge on any atom is -0.490 e. The molecular weight excluding hydrogens is 624 g/mol. The van der Waals surface area contributed by atoms with Gasteiger partial charge in [-0.15, -0.1) is 0 Å². The molecule has 1 saturated carbocycles. The van der Waals surface area contributed by atoms with E-state index in [2.05, 4.69) is 15.6 Å². The second-order valence-electron chi connectivity index (χ2n) is 13.1. The number of benzene rings is 1. The molecule has 0 radical (unpaired) electrons. The molecule has 2 aromatic rings. The summed E-state index contributed by atoms with van der Waals surface area (Å²) in [5.41, 5.74) is 0.721. The van der Waals surface area contributed by atoms with Crippen molar-refractivity contribution in [1.82, 2.24) is 24.1 Å². The summed E-state index contributed by atoms with van der Waals surface area (Å²) in [5.74, 6) is -0.292. The molecule has 262 valence electrons. The Kier molecular flexibility index (Phi) is 13.1. The highest BCUT2D eigenvalue weighted by molar-refractivity contribution is 7.89. The van der Waals surface area contributed by atoms with Gasteiger partial charge in [0.2, 0.25) is 0 Å².